The van der Waals surface area contributed by atoms with E-state index in [4.69, 9.17) is 0 Å². The minimum atomic E-state index is -3.71. The molecule has 0 radical (unpaired) electrons. The number of benzene rings is 2. The van der Waals surface area contributed by atoms with Crippen LogP contribution in [-0.2, 0) is 15.4 Å². The minimum absolute atomic E-state index is 0.165. The number of aromatic amines is 2. The predicted molar refractivity (Wildman–Crippen MR) is 92.9 cm³/mol. The van der Waals surface area contributed by atoms with E-state index >= 15 is 0 Å². The average molecular weight is 343 g/mol. The third-order valence-electron chi connectivity index (χ3n) is 4.52. The zero-order valence-electron chi connectivity index (χ0n) is 13.3. The third kappa shape index (κ3) is 2.08. The van der Waals surface area contributed by atoms with E-state index in [0.717, 1.165) is 5.56 Å². The molecule has 0 saturated heterocycles. The van der Waals surface area contributed by atoms with Gasteiger partial charge in [0.25, 0.3) is 10.0 Å². The Balaban J connectivity index is 1.87. The summed E-state index contributed by atoms with van der Waals surface area (Å²) in [5, 5.41) is 0. The van der Waals surface area contributed by atoms with Gasteiger partial charge in [-0.3, -0.25) is 4.31 Å². The van der Waals surface area contributed by atoms with Crippen molar-refractivity contribution < 1.29 is 8.42 Å². The summed E-state index contributed by atoms with van der Waals surface area (Å²) in [6.07, 6.45) is 0. The summed E-state index contributed by atoms with van der Waals surface area (Å²) in [6.45, 7) is 4.46. The fraction of sp³-hybridized carbons (Fsp3) is 0.235. The average Bonchev–Trinajstić information content (AvgIpc) is 3.04. The first kappa shape index (κ1) is 15.0. The van der Waals surface area contributed by atoms with Crippen molar-refractivity contribution in [3.63, 3.8) is 0 Å². The summed E-state index contributed by atoms with van der Waals surface area (Å²) >= 11 is 0. The van der Waals surface area contributed by atoms with Crippen LogP contribution in [0.25, 0.3) is 11.0 Å². The Kier molecular flexibility index (Phi) is 2.96. The fourth-order valence-corrected chi connectivity index (χ4v) is 4.98. The van der Waals surface area contributed by atoms with Crippen molar-refractivity contribution in [2.45, 2.75) is 24.2 Å². The number of rotatable bonds is 2. The quantitative estimate of drug-likeness (QED) is 0.749. The topological polar surface area (TPSA) is 86.0 Å². The van der Waals surface area contributed by atoms with Crippen molar-refractivity contribution in [3.8, 4) is 0 Å². The summed E-state index contributed by atoms with van der Waals surface area (Å²) in [4.78, 5) is 16.8. The molecule has 0 spiro atoms. The number of hydrogen-bond donors (Lipinski definition) is 2. The molecule has 6 nitrogen and oxygen atoms in total. The van der Waals surface area contributed by atoms with Crippen molar-refractivity contribution in [1.82, 2.24) is 9.97 Å². The second-order valence-electron chi connectivity index (χ2n) is 6.70. The summed E-state index contributed by atoms with van der Waals surface area (Å²) in [5.74, 6) is 0. The minimum Gasteiger partial charge on any atom is -0.306 e. The third-order valence-corrected chi connectivity index (χ3v) is 6.27. The van der Waals surface area contributed by atoms with Crippen LogP contribution in [0.1, 0.15) is 19.4 Å². The van der Waals surface area contributed by atoms with E-state index in [-0.39, 0.29) is 16.0 Å². The highest BCUT2D eigenvalue weighted by Crippen LogP contribution is 2.42. The van der Waals surface area contributed by atoms with Crippen LogP contribution in [0.5, 0.6) is 0 Å². The molecule has 1 aromatic heterocycles. The van der Waals surface area contributed by atoms with Crippen molar-refractivity contribution >= 4 is 26.7 Å². The molecule has 2 heterocycles. The highest BCUT2D eigenvalue weighted by Gasteiger charge is 2.40. The van der Waals surface area contributed by atoms with Gasteiger partial charge in [0.15, 0.2) is 0 Å². The molecular formula is C17H17N3O3S. The van der Waals surface area contributed by atoms with Crippen LogP contribution in [0, 0.1) is 0 Å². The van der Waals surface area contributed by atoms with Gasteiger partial charge in [-0.25, -0.2) is 13.2 Å². The van der Waals surface area contributed by atoms with Gasteiger partial charge in [0.2, 0.25) is 0 Å². The van der Waals surface area contributed by atoms with Gasteiger partial charge in [-0.15, -0.1) is 0 Å². The first-order valence-corrected chi connectivity index (χ1v) is 9.07. The number of hydrogen-bond acceptors (Lipinski definition) is 3. The Hall–Kier alpha value is -2.54. The number of sulfonamides is 1. The summed E-state index contributed by atoms with van der Waals surface area (Å²) in [5.41, 5.74) is 2.19. The number of aromatic nitrogens is 2. The zero-order chi connectivity index (χ0) is 17.1. The SMILES string of the molecule is CC1(C)CN(S(=O)(=O)c2ccc3[nH]c(=O)[nH]c3c2)c2ccccc21. The molecule has 0 atom stereocenters. The van der Waals surface area contributed by atoms with Crippen molar-refractivity contribution in [2.75, 3.05) is 10.8 Å². The molecule has 4 rings (SSSR count). The van der Waals surface area contributed by atoms with Gasteiger partial charge in [-0.2, -0.15) is 0 Å². The van der Waals surface area contributed by atoms with Crippen molar-refractivity contribution in [3.05, 3.63) is 58.5 Å². The number of H-pyrrole nitrogens is 2. The maximum Gasteiger partial charge on any atom is 0.323 e. The van der Waals surface area contributed by atoms with Crippen LogP contribution in [0.15, 0.2) is 52.2 Å². The second kappa shape index (κ2) is 4.73. The lowest BCUT2D eigenvalue weighted by Crippen LogP contribution is -2.33. The lowest BCUT2D eigenvalue weighted by atomic mass is 9.87. The van der Waals surface area contributed by atoms with Crippen molar-refractivity contribution in [1.29, 1.82) is 0 Å². The van der Waals surface area contributed by atoms with Gasteiger partial charge in [0.05, 0.1) is 21.6 Å². The molecule has 0 bridgehead atoms. The van der Waals surface area contributed by atoms with Crippen LogP contribution in [0.3, 0.4) is 0 Å². The molecular weight excluding hydrogens is 326 g/mol. The zero-order valence-corrected chi connectivity index (χ0v) is 14.1. The number of imidazole rings is 1. The van der Waals surface area contributed by atoms with E-state index in [1.807, 2.05) is 38.1 Å². The summed E-state index contributed by atoms with van der Waals surface area (Å²) < 4.78 is 27.8. The first-order chi connectivity index (χ1) is 11.3. The van der Waals surface area contributed by atoms with Crippen molar-refractivity contribution in [2.24, 2.45) is 0 Å². The molecule has 2 aromatic carbocycles. The molecule has 1 aliphatic heterocycles. The molecule has 3 aromatic rings. The molecule has 124 valence electrons. The lowest BCUT2D eigenvalue weighted by molar-refractivity contribution is 0.554. The lowest BCUT2D eigenvalue weighted by Gasteiger charge is -2.22. The fourth-order valence-electron chi connectivity index (χ4n) is 3.31. The Labute approximate surface area is 139 Å². The molecule has 7 heteroatoms. The van der Waals surface area contributed by atoms with Gasteiger partial charge in [0.1, 0.15) is 0 Å². The van der Waals surface area contributed by atoms with E-state index in [1.54, 1.807) is 6.07 Å². The molecule has 0 saturated carbocycles. The van der Waals surface area contributed by atoms with Gasteiger partial charge in [-0.05, 0) is 29.8 Å². The summed E-state index contributed by atoms with van der Waals surface area (Å²) in [7, 11) is -3.71. The number of nitrogens with zero attached hydrogens (tertiary/aromatic N) is 1. The second-order valence-corrected chi connectivity index (χ2v) is 8.56. The molecule has 0 aliphatic carbocycles. The van der Waals surface area contributed by atoms with E-state index in [1.165, 1.54) is 16.4 Å². The normalized spacial score (nSPS) is 16.5. The number of anilines is 1. The molecule has 2 N–H and O–H groups in total. The van der Waals surface area contributed by atoms with Gasteiger partial charge < -0.3 is 9.97 Å². The molecule has 24 heavy (non-hydrogen) atoms. The highest BCUT2D eigenvalue weighted by molar-refractivity contribution is 7.92. The van der Waals surface area contributed by atoms with Crippen LogP contribution < -0.4 is 9.99 Å². The maximum absolute atomic E-state index is 13.2. The Morgan fingerprint density at radius 1 is 1.04 bits per heavy atom. The van der Waals surface area contributed by atoms with Gasteiger partial charge in [-0.1, -0.05) is 32.0 Å². The Bertz CT molecular complexity index is 1110. The maximum atomic E-state index is 13.2. The first-order valence-electron chi connectivity index (χ1n) is 7.63. The largest absolute Gasteiger partial charge is 0.323 e. The van der Waals surface area contributed by atoms with Crippen LogP contribution >= 0.6 is 0 Å². The van der Waals surface area contributed by atoms with Crippen LogP contribution in [0.2, 0.25) is 0 Å². The number of fused-ring (bicyclic) bond motifs is 2. The van der Waals surface area contributed by atoms with E-state index < -0.39 is 10.0 Å². The standard InChI is InChI=1S/C17H17N3O3S/c1-17(2)10-20(15-6-4-3-5-12(15)17)24(22,23)11-7-8-13-14(9-11)19-16(21)18-13/h3-9H,10H2,1-2H3,(H2,18,19,21). The summed E-state index contributed by atoms with van der Waals surface area (Å²) in [6, 6.07) is 12.2. The molecule has 1 aliphatic rings. The van der Waals surface area contributed by atoms with Crippen LogP contribution in [0.4, 0.5) is 5.69 Å². The highest BCUT2D eigenvalue weighted by atomic mass is 32.2. The number of para-hydroxylation sites is 1. The van der Waals surface area contributed by atoms with Gasteiger partial charge >= 0.3 is 5.69 Å². The monoisotopic (exact) mass is 343 g/mol. The Morgan fingerprint density at radius 3 is 2.54 bits per heavy atom. The van der Waals surface area contributed by atoms with E-state index in [0.29, 0.717) is 23.3 Å². The predicted octanol–water partition coefficient (Wildman–Crippen LogP) is 2.34. The Morgan fingerprint density at radius 2 is 1.75 bits per heavy atom. The van der Waals surface area contributed by atoms with E-state index in [9.17, 15) is 13.2 Å². The van der Waals surface area contributed by atoms with Crippen LogP contribution in [-0.4, -0.2) is 24.9 Å². The molecule has 0 fully saturated rings. The van der Waals surface area contributed by atoms with Gasteiger partial charge in [0, 0.05) is 12.0 Å². The van der Waals surface area contributed by atoms with E-state index in [2.05, 4.69) is 9.97 Å². The smallest absolute Gasteiger partial charge is 0.306 e. The molecule has 0 unspecified atom stereocenters. The number of nitrogens with one attached hydrogen (secondary N) is 2. The molecule has 0 amide bonds.